The van der Waals surface area contributed by atoms with Crippen LogP contribution in [0.25, 0.3) is 10.8 Å². The van der Waals surface area contributed by atoms with Crippen molar-refractivity contribution in [1.29, 1.82) is 0 Å². The van der Waals surface area contributed by atoms with Crippen LogP contribution in [-0.2, 0) is 0 Å². The highest BCUT2D eigenvalue weighted by atomic mass is 16.5. The summed E-state index contributed by atoms with van der Waals surface area (Å²) in [5.74, 6) is 0.801. The first-order valence-corrected chi connectivity index (χ1v) is 5.06. The lowest BCUT2D eigenvalue weighted by molar-refractivity contribution is 0.130. The van der Waals surface area contributed by atoms with E-state index in [1.54, 1.807) is 0 Å². The van der Waals surface area contributed by atoms with E-state index < -0.39 is 0 Å². The third kappa shape index (κ3) is 2.28. The molecule has 0 aliphatic carbocycles. The van der Waals surface area contributed by atoms with Crippen LogP contribution >= 0.6 is 0 Å². The van der Waals surface area contributed by atoms with Gasteiger partial charge in [0.2, 0.25) is 0 Å². The SMILES string of the molecule is CC(CO)Oc1ccc2ccccc2c1. The molecule has 0 fully saturated rings. The summed E-state index contributed by atoms with van der Waals surface area (Å²) in [5.41, 5.74) is 0. The zero-order valence-electron chi connectivity index (χ0n) is 8.68. The van der Waals surface area contributed by atoms with Crippen molar-refractivity contribution < 1.29 is 9.84 Å². The Morgan fingerprint density at radius 3 is 2.60 bits per heavy atom. The maximum atomic E-state index is 8.88. The van der Waals surface area contributed by atoms with Gasteiger partial charge in [0.05, 0.1) is 6.61 Å². The molecule has 0 radical (unpaired) electrons. The van der Waals surface area contributed by atoms with Crippen molar-refractivity contribution in [1.82, 2.24) is 0 Å². The van der Waals surface area contributed by atoms with Crippen molar-refractivity contribution in [3.8, 4) is 5.75 Å². The van der Waals surface area contributed by atoms with Gasteiger partial charge in [0, 0.05) is 0 Å². The van der Waals surface area contributed by atoms with Crippen LogP contribution in [0, 0.1) is 0 Å². The lowest BCUT2D eigenvalue weighted by atomic mass is 10.1. The molecule has 1 N–H and O–H groups in total. The second-order valence-electron chi connectivity index (χ2n) is 3.62. The number of ether oxygens (including phenoxy) is 1. The fraction of sp³-hybridized carbons (Fsp3) is 0.231. The third-order valence-electron chi connectivity index (χ3n) is 2.32. The van der Waals surface area contributed by atoms with E-state index in [1.807, 2.05) is 43.3 Å². The van der Waals surface area contributed by atoms with Crippen LogP contribution in [0.2, 0.25) is 0 Å². The minimum absolute atomic E-state index is 0.0346. The van der Waals surface area contributed by atoms with Gasteiger partial charge in [-0.25, -0.2) is 0 Å². The van der Waals surface area contributed by atoms with Crippen molar-refractivity contribution in [2.45, 2.75) is 13.0 Å². The maximum Gasteiger partial charge on any atom is 0.120 e. The summed E-state index contributed by atoms with van der Waals surface area (Å²) < 4.78 is 5.52. The molecule has 0 aliphatic rings. The average molecular weight is 202 g/mol. The van der Waals surface area contributed by atoms with Gasteiger partial charge in [0.1, 0.15) is 11.9 Å². The predicted molar refractivity (Wildman–Crippen MR) is 61.1 cm³/mol. The number of hydrogen-bond donors (Lipinski definition) is 1. The number of fused-ring (bicyclic) bond motifs is 1. The highest BCUT2D eigenvalue weighted by molar-refractivity contribution is 5.83. The fourth-order valence-corrected chi connectivity index (χ4v) is 1.51. The Morgan fingerprint density at radius 1 is 1.13 bits per heavy atom. The van der Waals surface area contributed by atoms with Crippen molar-refractivity contribution in [2.24, 2.45) is 0 Å². The Kier molecular flexibility index (Phi) is 2.88. The molecule has 2 aromatic carbocycles. The Bertz CT molecular complexity index is 451. The molecule has 0 spiro atoms. The van der Waals surface area contributed by atoms with Gasteiger partial charge in [-0.2, -0.15) is 0 Å². The summed E-state index contributed by atoms with van der Waals surface area (Å²) in [6, 6.07) is 14.1. The summed E-state index contributed by atoms with van der Waals surface area (Å²) in [6.07, 6.45) is -0.161. The van der Waals surface area contributed by atoms with Crippen LogP contribution in [0.3, 0.4) is 0 Å². The molecule has 0 amide bonds. The van der Waals surface area contributed by atoms with Crippen LogP contribution in [0.5, 0.6) is 5.75 Å². The molecule has 15 heavy (non-hydrogen) atoms. The van der Waals surface area contributed by atoms with Crippen molar-refractivity contribution in [2.75, 3.05) is 6.61 Å². The van der Waals surface area contributed by atoms with Gasteiger partial charge in [-0.3, -0.25) is 0 Å². The second-order valence-corrected chi connectivity index (χ2v) is 3.62. The minimum Gasteiger partial charge on any atom is -0.488 e. The highest BCUT2D eigenvalue weighted by Crippen LogP contribution is 2.21. The maximum absolute atomic E-state index is 8.88. The van der Waals surface area contributed by atoms with E-state index in [0.29, 0.717) is 0 Å². The molecule has 1 atom stereocenters. The van der Waals surface area contributed by atoms with E-state index in [4.69, 9.17) is 9.84 Å². The molecule has 2 nitrogen and oxygen atoms in total. The second kappa shape index (κ2) is 4.32. The van der Waals surface area contributed by atoms with Crippen molar-refractivity contribution >= 4 is 10.8 Å². The molecular formula is C13H14O2. The monoisotopic (exact) mass is 202 g/mol. The van der Waals surface area contributed by atoms with E-state index in [2.05, 4.69) is 6.07 Å². The molecule has 0 heterocycles. The van der Waals surface area contributed by atoms with E-state index in [0.717, 1.165) is 11.1 Å². The highest BCUT2D eigenvalue weighted by Gasteiger charge is 2.02. The molecule has 0 aliphatic heterocycles. The molecule has 0 saturated heterocycles. The van der Waals surface area contributed by atoms with Gasteiger partial charge in [-0.05, 0) is 29.8 Å². The fourth-order valence-electron chi connectivity index (χ4n) is 1.51. The first-order valence-electron chi connectivity index (χ1n) is 5.06. The smallest absolute Gasteiger partial charge is 0.120 e. The average Bonchev–Trinajstić information content (AvgIpc) is 2.29. The van der Waals surface area contributed by atoms with Crippen molar-refractivity contribution in [3.63, 3.8) is 0 Å². The summed E-state index contributed by atoms with van der Waals surface area (Å²) in [4.78, 5) is 0. The number of aliphatic hydroxyl groups is 1. The Hall–Kier alpha value is -1.54. The normalized spacial score (nSPS) is 12.7. The lowest BCUT2D eigenvalue weighted by Gasteiger charge is -2.12. The van der Waals surface area contributed by atoms with Crippen LogP contribution in [-0.4, -0.2) is 17.8 Å². The van der Waals surface area contributed by atoms with Crippen LogP contribution in [0.4, 0.5) is 0 Å². The van der Waals surface area contributed by atoms with Gasteiger partial charge in [0.25, 0.3) is 0 Å². The number of aliphatic hydroxyl groups excluding tert-OH is 1. The summed E-state index contributed by atoms with van der Waals surface area (Å²) in [6.45, 7) is 1.88. The Morgan fingerprint density at radius 2 is 1.87 bits per heavy atom. The zero-order valence-corrected chi connectivity index (χ0v) is 8.68. The van der Waals surface area contributed by atoms with Crippen molar-refractivity contribution in [3.05, 3.63) is 42.5 Å². The number of hydrogen-bond acceptors (Lipinski definition) is 2. The first kappa shape index (κ1) is 9.99. The Labute approximate surface area is 89.1 Å². The van der Waals surface area contributed by atoms with Gasteiger partial charge in [0.15, 0.2) is 0 Å². The van der Waals surface area contributed by atoms with Crippen LogP contribution in [0.15, 0.2) is 42.5 Å². The first-order chi connectivity index (χ1) is 7.29. The minimum atomic E-state index is -0.161. The standard InChI is InChI=1S/C13H14O2/c1-10(9-14)15-13-7-6-11-4-2-3-5-12(11)8-13/h2-8,10,14H,9H2,1H3. The largest absolute Gasteiger partial charge is 0.488 e. The number of benzene rings is 2. The zero-order chi connectivity index (χ0) is 10.7. The van der Waals surface area contributed by atoms with Gasteiger partial charge in [-0.15, -0.1) is 0 Å². The topological polar surface area (TPSA) is 29.5 Å². The molecule has 2 aromatic rings. The van der Waals surface area contributed by atoms with E-state index in [-0.39, 0.29) is 12.7 Å². The van der Waals surface area contributed by atoms with Gasteiger partial charge < -0.3 is 9.84 Å². The molecule has 0 aromatic heterocycles. The summed E-state index contributed by atoms with van der Waals surface area (Å²) >= 11 is 0. The van der Waals surface area contributed by atoms with Crippen LogP contribution in [0.1, 0.15) is 6.92 Å². The molecule has 2 rings (SSSR count). The van der Waals surface area contributed by atoms with Crippen LogP contribution < -0.4 is 4.74 Å². The van der Waals surface area contributed by atoms with Gasteiger partial charge in [-0.1, -0.05) is 30.3 Å². The third-order valence-corrected chi connectivity index (χ3v) is 2.32. The summed E-state index contributed by atoms with van der Waals surface area (Å²) in [5, 5.41) is 11.2. The number of rotatable bonds is 3. The molecule has 78 valence electrons. The lowest BCUT2D eigenvalue weighted by Crippen LogP contribution is -2.15. The molecule has 2 heteroatoms. The Balaban J connectivity index is 2.30. The quantitative estimate of drug-likeness (QED) is 0.829. The molecule has 0 bridgehead atoms. The molecule has 1 unspecified atom stereocenters. The van der Waals surface area contributed by atoms with E-state index in [1.165, 1.54) is 5.39 Å². The van der Waals surface area contributed by atoms with Gasteiger partial charge >= 0.3 is 0 Å². The van der Waals surface area contributed by atoms with E-state index in [9.17, 15) is 0 Å². The predicted octanol–water partition coefficient (Wildman–Crippen LogP) is 2.60. The summed E-state index contributed by atoms with van der Waals surface area (Å²) in [7, 11) is 0. The molecule has 0 saturated carbocycles. The van der Waals surface area contributed by atoms with E-state index >= 15 is 0 Å². The molecular weight excluding hydrogens is 188 g/mol.